The zero-order valence-electron chi connectivity index (χ0n) is 9.88. The molecule has 0 aliphatic carbocycles. The summed E-state index contributed by atoms with van der Waals surface area (Å²) < 4.78 is 18.7. The Bertz CT molecular complexity index is 704. The lowest BCUT2D eigenvalue weighted by Crippen LogP contribution is -1.78. The Labute approximate surface area is 109 Å². The molecule has 0 radical (unpaired) electrons. The Balaban J connectivity index is 1.97. The second-order valence-electron chi connectivity index (χ2n) is 4.09. The molecule has 3 rings (SSSR count). The summed E-state index contributed by atoms with van der Waals surface area (Å²) in [6.45, 7) is 0. The first kappa shape index (κ1) is 11.5. The van der Waals surface area contributed by atoms with Crippen molar-refractivity contribution in [2.75, 3.05) is 0 Å². The number of phenolic OH excluding ortho intramolecular Hbond substituents is 1. The summed E-state index contributed by atoms with van der Waals surface area (Å²) in [5.74, 6) is 0.789. The molecule has 4 heteroatoms. The average molecular weight is 255 g/mol. The highest BCUT2D eigenvalue weighted by Gasteiger charge is 2.09. The van der Waals surface area contributed by atoms with Crippen molar-refractivity contribution in [1.82, 2.24) is 4.98 Å². The van der Waals surface area contributed by atoms with Crippen LogP contribution in [0.5, 0.6) is 5.75 Å². The molecule has 1 aromatic heterocycles. The minimum Gasteiger partial charge on any atom is -0.508 e. The minimum absolute atomic E-state index is 0.189. The zero-order valence-corrected chi connectivity index (χ0v) is 9.88. The first-order chi connectivity index (χ1) is 9.22. The van der Waals surface area contributed by atoms with E-state index >= 15 is 0 Å². The molecule has 0 aliphatic heterocycles. The van der Waals surface area contributed by atoms with Crippen LogP contribution in [-0.2, 0) is 0 Å². The third-order valence-electron chi connectivity index (χ3n) is 2.73. The molecule has 0 aliphatic rings. The SMILES string of the molecule is Oc1ccc(-c2cnc(-c3cccc(F)c3)o2)cc1. The van der Waals surface area contributed by atoms with Gasteiger partial charge in [-0.1, -0.05) is 6.07 Å². The van der Waals surface area contributed by atoms with E-state index in [0.717, 1.165) is 5.56 Å². The van der Waals surface area contributed by atoms with Crippen LogP contribution in [0.25, 0.3) is 22.8 Å². The van der Waals surface area contributed by atoms with Gasteiger partial charge < -0.3 is 9.52 Å². The highest BCUT2D eigenvalue weighted by atomic mass is 19.1. The highest BCUT2D eigenvalue weighted by molar-refractivity contribution is 5.61. The van der Waals surface area contributed by atoms with Crippen LogP contribution in [-0.4, -0.2) is 10.1 Å². The van der Waals surface area contributed by atoms with Gasteiger partial charge in [-0.15, -0.1) is 0 Å². The maximum Gasteiger partial charge on any atom is 0.226 e. The van der Waals surface area contributed by atoms with Crippen LogP contribution >= 0.6 is 0 Å². The van der Waals surface area contributed by atoms with Gasteiger partial charge in [0.1, 0.15) is 11.6 Å². The van der Waals surface area contributed by atoms with E-state index in [4.69, 9.17) is 4.42 Å². The fourth-order valence-electron chi connectivity index (χ4n) is 1.79. The van der Waals surface area contributed by atoms with E-state index in [2.05, 4.69) is 4.98 Å². The number of halogens is 1. The van der Waals surface area contributed by atoms with Crippen LogP contribution in [0.4, 0.5) is 4.39 Å². The fraction of sp³-hybridized carbons (Fsp3) is 0. The molecule has 0 bridgehead atoms. The Morgan fingerprint density at radius 2 is 1.79 bits per heavy atom. The van der Waals surface area contributed by atoms with Crippen LogP contribution in [0, 0.1) is 5.82 Å². The smallest absolute Gasteiger partial charge is 0.226 e. The number of aromatic hydroxyl groups is 1. The lowest BCUT2D eigenvalue weighted by molar-refractivity contribution is 0.475. The molecule has 0 spiro atoms. The van der Waals surface area contributed by atoms with Gasteiger partial charge in [0.15, 0.2) is 5.76 Å². The van der Waals surface area contributed by atoms with Crippen LogP contribution in [0.1, 0.15) is 0 Å². The summed E-state index contributed by atoms with van der Waals surface area (Å²) in [5.41, 5.74) is 1.39. The van der Waals surface area contributed by atoms with Crippen molar-refractivity contribution >= 4 is 0 Å². The quantitative estimate of drug-likeness (QED) is 0.756. The first-order valence-corrected chi connectivity index (χ1v) is 5.73. The van der Waals surface area contributed by atoms with Gasteiger partial charge in [0.25, 0.3) is 0 Å². The molecule has 3 aromatic rings. The third-order valence-corrected chi connectivity index (χ3v) is 2.73. The van der Waals surface area contributed by atoms with Crippen molar-refractivity contribution in [3.63, 3.8) is 0 Å². The third kappa shape index (κ3) is 2.33. The monoisotopic (exact) mass is 255 g/mol. The number of hydrogen-bond donors (Lipinski definition) is 1. The van der Waals surface area contributed by atoms with E-state index in [-0.39, 0.29) is 11.6 Å². The molecule has 0 unspecified atom stereocenters. The van der Waals surface area contributed by atoms with E-state index in [0.29, 0.717) is 17.2 Å². The van der Waals surface area contributed by atoms with E-state index in [1.54, 1.807) is 42.6 Å². The van der Waals surface area contributed by atoms with Crippen molar-refractivity contribution in [2.45, 2.75) is 0 Å². The molecule has 1 heterocycles. The van der Waals surface area contributed by atoms with Crippen LogP contribution < -0.4 is 0 Å². The number of nitrogens with zero attached hydrogens (tertiary/aromatic N) is 1. The van der Waals surface area contributed by atoms with E-state index in [1.807, 2.05) is 0 Å². The van der Waals surface area contributed by atoms with Crippen molar-refractivity contribution in [3.8, 4) is 28.5 Å². The number of oxazole rings is 1. The molecule has 2 aromatic carbocycles. The van der Waals surface area contributed by atoms with Crippen molar-refractivity contribution < 1.29 is 13.9 Å². The van der Waals surface area contributed by atoms with Crippen molar-refractivity contribution in [2.24, 2.45) is 0 Å². The molecule has 19 heavy (non-hydrogen) atoms. The van der Waals surface area contributed by atoms with Gasteiger partial charge in [-0.3, -0.25) is 0 Å². The van der Waals surface area contributed by atoms with Crippen LogP contribution in [0.15, 0.2) is 59.1 Å². The predicted molar refractivity (Wildman–Crippen MR) is 69.0 cm³/mol. The molecule has 0 amide bonds. The van der Waals surface area contributed by atoms with Crippen molar-refractivity contribution in [1.29, 1.82) is 0 Å². The maximum absolute atomic E-state index is 13.1. The summed E-state index contributed by atoms with van der Waals surface area (Å²) in [5, 5.41) is 9.23. The first-order valence-electron chi connectivity index (χ1n) is 5.73. The molecule has 0 atom stereocenters. The Kier molecular flexibility index (Phi) is 2.76. The average Bonchev–Trinajstić information content (AvgIpc) is 2.89. The molecule has 94 valence electrons. The number of hydrogen-bond acceptors (Lipinski definition) is 3. The fourth-order valence-corrected chi connectivity index (χ4v) is 1.79. The summed E-state index contributed by atoms with van der Waals surface area (Å²) in [6.07, 6.45) is 1.58. The van der Waals surface area contributed by atoms with Gasteiger partial charge in [-0.2, -0.15) is 0 Å². The molecular weight excluding hydrogens is 245 g/mol. The summed E-state index contributed by atoms with van der Waals surface area (Å²) in [7, 11) is 0. The van der Waals surface area contributed by atoms with E-state index in [9.17, 15) is 9.50 Å². The normalized spacial score (nSPS) is 10.6. The lowest BCUT2D eigenvalue weighted by atomic mass is 10.2. The zero-order chi connectivity index (χ0) is 13.2. The Morgan fingerprint density at radius 1 is 1.00 bits per heavy atom. The summed E-state index contributed by atoms with van der Waals surface area (Å²) in [4.78, 5) is 4.13. The molecule has 3 nitrogen and oxygen atoms in total. The molecule has 1 N–H and O–H groups in total. The van der Waals surface area contributed by atoms with Gasteiger partial charge in [0.05, 0.1) is 6.20 Å². The lowest BCUT2D eigenvalue weighted by Gasteiger charge is -1.97. The molecule has 0 saturated carbocycles. The van der Waals surface area contributed by atoms with Gasteiger partial charge in [0.2, 0.25) is 5.89 Å². The second kappa shape index (κ2) is 4.57. The molecule has 0 fully saturated rings. The Hall–Kier alpha value is -2.62. The van der Waals surface area contributed by atoms with E-state index < -0.39 is 0 Å². The van der Waals surface area contributed by atoms with Gasteiger partial charge in [-0.25, -0.2) is 9.37 Å². The number of aromatic nitrogens is 1. The van der Waals surface area contributed by atoms with Gasteiger partial charge >= 0.3 is 0 Å². The van der Waals surface area contributed by atoms with Gasteiger partial charge in [-0.05, 0) is 42.5 Å². The standard InChI is InChI=1S/C15H10FNO2/c16-12-3-1-2-11(8-12)15-17-9-14(19-15)10-4-6-13(18)7-5-10/h1-9,18H. The topological polar surface area (TPSA) is 46.3 Å². The molecular formula is C15H10FNO2. The molecule has 0 saturated heterocycles. The van der Waals surface area contributed by atoms with Crippen LogP contribution in [0.3, 0.4) is 0 Å². The summed E-state index contributed by atoms with van der Waals surface area (Å²) in [6, 6.07) is 12.7. The number of phenols is 1. The van der Waals surface area contributed by atoms with Crippen LogP contribution in [0.2, 0.25) is 0 Å². The highest BCUT2D eigenvalue weighted by Crippen LogP contribution is 2.27. The second-order valence-corrected chi connectivity index (χ2v) is 4.09. The minimum atomic E-state index is -0.332. The number of benzene rings is 2. The Morgan fingerprint density at radius 3 is 2.53 bits per heavy atom. The number of rotatable bonds is 2. The largest absolute Gasteiger partial charge is 0.508 e. The van der Waals surface area contributed by atoms with E-state index in [1.165, 1.54) is 12.1 Å². The maximum atomic E-state index is 13.1. The predicted octanol–water partition coefficient (Wildman–Crippen LogP) is 3.85. The van der Waals surface area contributed by atoms with Crippen molar-refractivity contribution in [3.05, 3.63) is 60.5 Å². The van der Waals surface area contributed by atoms with Gasteiger partial charge in [0, 0.05) is 11.1 Å². The summed E-state index contributed by atoms with van der Waals surface area (Å²) >= 11 is 0.